The van der Waals surface area contributed by atoms with Gasteiger partial charge in [0.05, 0.1) is 11.6 Å². The average molecular weight is 364 g/mol. The van der Waals surface area contributed by atoms with Gasteiger partial charge in [0.2, 0.25) is 0 Å². The van der Waals surface area contributed by atoms with Crippen LogP contribution in [0.2, 0.25) is 0 Å². The number of rotatable bonds is 9. The summed E-state index contributed by atoms with van der Waals surface area (Å²) < 4.78 is 19.6. The van der Waals surface area contributed by atoms with Gasteiger partial charge in [-0.05, 0) is 67.8 Å². The van der Waals surface area contributed by atoms with Crippen molar-refractivity contribution < 1.29 is 13.9 Å². The number of hydrogen-bond donors (Lipinski definition) is 1. The highest BCUT2D eigenvalue weighted by Gasteiger charge is 2.19. The number of carbonyl (C=O) groups is 1. The summed E-state index contributed by atoms with van der Waals surface area (Å²) in [6, 6.07) is 12.4. The first kappa shape index (κ1) is 18.8. The molecule has 5 heteroatoms. The first-order valence-electron chi connectivity index (χ1n) is 9.00. The van der Waals surface area contributed by atoms with E-state index in [1.165, 1.54) is 25.0 Å². The first-order valence-corrected chi connectivity index (χ1v) is 9.00. The summed E-state index contributed by atoms with van der Waals surface area (Å²) in [5.41, 5.74) is 1.12. The third-order valence-electron chi connectivity index (χ3n) is 4.36. The topological polar surface area (TPSA) is 62.1 Å². The molecule has 138 valence electrons. The number of ether oxygens (including phenoxy) is 1. The molecular weight excluding hydrogens is 343 g/mol. The Hall–Kier alpha value is -2.97. The van der Waals surface area contributed by atoms with Crippen LogP contribution >= 0.6 is 0 Å². The SMILES string of the molecule is N#Cc1ccc(C(=O)c2ccc(OC/C=C/CNCC3CC3)c(F)c2)cc1. The zero-order valence-electron chi connectivity index (χ0n) is 15.0. The molecule has 2 aromatic carbocycles. The smallest absolute Gasteiger partial charge is 0.193 e. The van der Waals surface area contributed by atoms with Crippen molar-refractivity contribution in [2.24, 2.45) is 5.92 Å². The molecule has 1 aliphatic carbocycles. The van der Waals surface area contributed by atoms with Gasteiger partial charge in [0.15, 0.2) is 17.3 Å². The van der Waals surface area contributed by atoms with Gasteiger partial charge in [-0.1, -0.05) is 12.2 Å². The predicted octanol–water partition coefficient (Wildman–Crippen LogP) is 3.86. The lowest BCUT2D eigenvalue weighted by molar-refractivity contribution is 0.103. The summed E-state index contributed by atoms with van der Waals surface area (Å²) in [6.45, 7) is 2.10. The molecule has 0 unspecified atom stereocenters. The molecule has 0 atom stereocenters. The Morgan fingerprint density at radius 1 is 1.19 bits per heavy atom. The van der Waals surface area contributed by atoms with Crippen LogP contribution in [0.3, 0.4) is 0 Å². The lowest BCUT2D eigenvalue weighted by Gasteiger charge is -2.07. The van der Waals surface area contributed by atoms with Crippen molar-refractivity contribution in [3.63, 3.8) is 0 Å². The van der Waals surface area contributed by atoms with Gasteiger partial charge in [-0.2, -0.15) is 5.26 Å². The Kier molecular flexibility index (Phi) is 6.35. The van der Waals surface area contributed by atoms with E-state index in [2.05, 4.69) is 5.32 Å². The Morgan fingerprint density at radius 2 is 1.93 bits per heavy atom. The van der Waals surface area contributed by atoms with Gasteiger partial charge >= 0.3 is 0 Å². The van der Waals surface area contributed by atoms with E-state index in [1.54, 1.807) is 30.3 Å². The van der Waals surface area contributed by atoms with Crippen molar-refractivity contribution in [1.29, 1.82) is 5.26 Å². The number of halogens is 1. The normalized spacial score (nSPS) is 13.5. The van der Waals surface area contributed by atoms with Crippen molar-refractivity contribution in [1.82, 2.24) is 5.32 Å². The van der Waals surface area contributed by atoms with Crippen LogP contribution in [-0.2, 0) is 0 Å². The molecule has 2 aromatic rings. The van der Waals surface area contributed by atoms with Crippen LogP contribution in [0.5, 0.6) is 5.75 Å². The fourth-order valence-corrected chi connectivity index (χ4v) is 2.60. The molecule has 3 rings (SSSR count). The molecule has 1 saturated carbocycles. The van der Waals surface area contributed by atoms with Crippen LogP contribution in [0.25, 0.3) is 0 Å². The molecule has 0 aliphatic heterocycles. The van der Waals surface area contributed by atoms with Gasteiger partial charge in [0.25, 0.3) is 0 Å². The van der Waals surface area contributed by atoms with Crippen molar-refractivity contribution in [2.45, 2.75) is 12.8 Å². The summed E-state index contributed by atoms with van der Waals surface area (Å²) in [5, 5.41) is 12.1. The van der Waals surface area contributed by atoms with E-state index in [0.717, 1.165) is 19.0 Å². The van der Waals surface area contributed by atoms with E-state index >= 15 is 0 Å². The number of nitrogens with one attached hydrogen (secondary N) is 1. The largest absolute Gasteiger partial charge is 0.486 e. The molecule has 0 heterocycles. The number of ketones is 1. The Morgan fingerprint density at radius 3 is 2.59 bits per heavy atom. The summed E-state index contributed by atoms with van der Waals surface area (Å²) >= 11 is 0. The second-order valence-corrected chi connectivity index (χ2v) is 6.55. The first-order chi connectivity index (χ1) is 13.2. The molecule has 1 fully saturated rings. The minimum Gasteiger partial charge on any atom is -0.486 e. The molecule has 27 heavy (non-hydrogen) atoms. The van der Waals surface area contributed by atoms with Gasteiger partial charge in [0, 0.05) is 17.7 Å². The standard InChI is InChI=1S/C22H21FN2O2/c23-20-13-19(22(26)18-7-5-16(14-24)6-8-18)9-10-21(20)27-12-2-1-11-25-15-17-3-4-17/h1-2,5-10,13,17,25H,3-4,11-12,15H2/b2-1+. The van der Waals surface area contributed by atoms with E-state index in [9.17, 15) is 9.18 Å². The molecule has 0 radical (unpaired) electrons. The van der Waals surface area contributed by atoms with Crippen LogP contribution in [0, 0.1) is 23.1 Å². The quantitative estimate of drug-likeness (QED) is 0.417. The predicted molar refractivity (Wildman–Crippen MR) is 101 cm³/mol. The molecule has 0 bridgehead atoms. The molecule has 1 aliphatic rings. The van der Waals surface area contributed by atoms with Crippen LogP contribution in [0.15, 0.2) is 54.6 Å². The second kappa shape index (κ2) is 9.11. The van der Waals surface area contributed by atoms with Crippen LogP contribution < -0.4 is 10.1 Å². The van der Waals surface area contributed by atoms with Crippen molar-refractivity contribution >= 4 is 5.78 Å². The van der Waals surface area contributed by atoms with Crippen LogP contribution in [0.4, 0.5) is 4.39 Å². The fraction of sp³-hybridized carbons (Fsp3) is 0.273. The average Bonchev–Trinajstić information content (AvgIpc) is 3.52. The Labute approximate surface area is 158 Å². The Bertz CT molecular complexity index is 865. The Balaban J connectivity index is 1.52. The summed E-state index contributed by atoms with van der Waals surface area (Å²) in [6.07, 6.45) is 6.45. The highest BCUT2D eigenvalue weighted by molar-refractivity contribution is 6.09. The molecule has 1 N–H and O–H groups in total. The summed E-state index contributed by atoms with van der Waals surface area (Å²) in [7, 11) is 0. The third kappa shape index (κ3) is 5.50. The van der Waals surface area contributed by atoms with Crippen LogP contribution in [0.1, 0.15) is 34.3 Å². The van der Waals surface area contributed by atoms with Crippen molar-refractivity contribution in [2.75, 3.05) is 19.7 Å². The van der Waals surface area contributed by atoms with Gasteiger partial charge in [0.1, 0.15) is 6.61 Å². The second-order valence-electron chi connectivity index (χ2n) is 6.55. The maximum atomic E-state index is 14.2. The minimum atomic E-state index is -0.574. The molecule has 0 aromatic heterocycles. The van der Waals surface area contributed by atoms with Gasteiger partial charge in [-0.25, -0.2) is 4.39 Å². The van der Waals surface area contributed by atoms with Crippen LogP contribution in [-0.4, -0.2) is 25.5 Å². The lowest BCUT2D eigenvalue weighted by atomic mass is 10.0. The van der Waals surface area contributed by atoms with E-state index in [4.69, 9.17) is 10.00 Å². The number of hydrogen-bond acceptors (Lipinski definition) is 4. The highest BCUT2D eigenvalue weighted by Crippen LogP contribution is 2.27. The molecular formula is C22H21FN2O2. The highest BCUT2D eigenvalue weighted by atomic mass is 19.1. The van der Waals surface area contributed by atoms with Crippen molar-refractivity contribution in [3.05, 3.63) is 77.1 Å². The van der Waals surface area contributed by atoms with E-state index in [-0.39, 0.29) is 23.7 Å². The number of nitriles is 1. The molecule has 4 nitrogen and oxygen atoms in total. The maximum absolute atomic E-state index is 14.2. The lowest BCUT2D eigenvalue weighted by Crippen LogP contribution is -2.16. The summed E-state index contributed by atoms with van der Waals surface area (Å²) in [5.74, 6) is 0.0811. The fourth-order valence-electron chi connectivity index (χ4n) is 2.60. The molecule has 0 amide bonds. The number of nitrogens with zero attached hydrogens (tertiary/aromatic N) is 1. The van der Waals surface area contributed by atoms with E-state index in [0.29, 0.717) is 11.1 Å². The monoisotopic (exact) mass is 364 g/mol. The number of benzene rings is 2. The van der Waals surface area contributed by atoms with Gasteiger partial charge in [-0.15, -0.1) is 0 Å². The van der Waals surface area contributed by atoms with E-state index in [1.807, 2.05) is 18.2 Å². The van der Waals surface area contributed by atoms with Gasteiger partial charge in [-0.3, -0.25) is 4.79 Å². The zero-order valence-corrected chi connectivity index (χ0v) is 15.0. The number of carbonyl (C=O) groups excluding carboxylic acids is 1. The van der Waals surface area contributed by atoms with Gasteiger partial charge < -0.3 is 10.1 Å². The van der Waals surface area contributed by atoms with Crippen molar-refractivity contribution in [3.8, 4) is 11.8 Å². The third-order valence-corrected chi connectivity index (χ3v) is 4.36. The van der Waals surface area contributed by atoms with E-state index < -0.39 is 5.82 Å². The molecule has 0 spiro atoms. The molecule has 0 saturated heterocycles. The maximum Gasteiger partial charge on any atom is 0.193 e. The minimum absolute atomic E-state index is 0.113. The summed E-state index contributed by atoms with van der Waals surface area (Å²) in [4.78, 5) is 12.4. The zero-order chi connectivity index (χ0) is 19.1.